The number of phenols is 1. The molecule has 21 N–H and O–H groups in total. The second kappa shape index (κ2) is 39.1. The van der Waals surface area contributed by atoms with Crippen molar-refractivity contribution in [2.75, 3.05) is 46.8 Å². The number of carbonyl (C=O) groups is 2. The van der Waals surface area contributed by atoms with Crippen LogP contribution in [0.2, 0.25) is 0 Å². The van der Waals surface area contributed by atoms with Crippen LogP contribution in [-0.4, -0.2) is 399 Å². The number of hydrogen-bond acceptors (Lipinski definition) is 41. The van der Waals surface area contributed by atoms with Crippen LogP contribution in [0.5, 0.6) is 11.5 Å². The zero-order chi connectivity index (χ0) is 93.0. The van der Waals surface area contributed by atoms with E-state index in [1.54, 1.807) is 6.92 Å². The molecular weight excluding hydrogens is 1700 g/mol. The molecule has 128 heavy (non-hydrogen) atoms. The molecule has 5 aliphatic carbocycles. The van der Waals surface area contributed by atoms with Crippen LogP contribution in [0, 0.1) is 56.2 Å². The molecule has 3 unspecified atom stereocenters. The molecular formula is C87H134O41. The van der Waals surface area contributed by atoms with Crippen LogP contribution in [0.1, 0.15) is 139 Å². The maximum absolute atomic E-state index is 15.5. The molecule has 8 heterocycles. The number of aliphatic hydroxyl groups is 20. The number of ether oxygens (including phenoxy) is 18. The lowest BCUT2D eigenvalue weighted by molar-refractivity contribution is -0.386. The maximum Gasteiger partial charge on any atom is 0.331 e. The van der Waals surface area contributed by atoms with E-state index in [1.165, 1.54) is 50.8 Å². The third-order valence-electron chi connectivity index (χ3n) is 31.2. The lowest BCUT2D eigenvalue weighted by atomic mass is 9.33. The van der Waals surface area contributed by atoms with Crippen molar-refractivity contribution in [1.82, 2.24) is 0 Å². The van der Waals surface area contributed by atoms with Gasteiger partial charge in [0.1, 0.15) is 153 Å². The minimum Gasteiger partial charge on any atom is -0.504 e. The first-order valence-corrected chi connectivity index (χ1v) is 44.6. The first-order valence-electron chi connectivity index (χ1n) is 44.6. The number of fused-ring (bicyclic) bond motifs is 7. The molecule has 1 aromatic rings. The van der Waals surface area contributed by atoms with Crippen LogP contribution in [-0.2, 0) is 90.1 Å². The van der Waals surface area contributed by atoms with Gasteiger partial charge < -0.3 is 193 Å². The van der Waals surface area contributed by atoms with Gasteiger partial charge in [0.2, 0.25) is 6.29 Å². The van der Waals surface area contributed by atoms with E-state index in [0.717, 1.165) is 18.9 Å². The van der Waals surface area contributed by atoms with Gasteiger partial charge in [-0.15, -0.1) is 0 Å². The smallest absolute Gasteiger partial charge is 0.331 e. The van der Waals surface area contributed by atoms with E-state index in [9.17, 15) is 112 Å². The van der Waals surface area contributed by atoms with E-state index < -0.39 is 301 Å². The highest BCUT2D eigenvalue weighted by molar-refractivity contribution is 5.87. The SMILES string of the molecule is COc1ccc(/C=C/C(=O)O[C@H]2[C@H](O[C@H]3[C@H](O)[C@@H](O)[C@H](O[C@H]4CO[C@@H](O[C@@H]5[C@@H](O)[C@H](C)O[C@@H](O[C@H]6[C@H](O[C@H]7CC[C@@]8(C)C(CC[C@]9(C)C8CC=C8C%10CC(C)(C)CC[C@]%10(C(=O)O[C@@H]%10O[C@H](CO[C@@H]%11O[C@H](CO)[C@@H](O[C@@H]%12O[C@@H](C)[C@H](O)[C@@H](O)[C@H]%12O)[C@H](C)[C@H]%11O)[C@@H](O)[C@H](O)[C@H]%10O)CC[C@]89C)C7(C)C)OC[C@H](O)[C@@H]6O)[C@@H]5O)[C@@H](O)[C@H]4O)O[C@@H]3CO)O[C@H](CO)[C@@H](O)[C@@H]2O)cc1O. The van der Waals surface area contributed by atoms with Crippen molar-refractivity contribution in [1.29, 1.82) is 0 Å². The highest BCUT2D eigenvalue weighted by Gasteiger charge is 2.71. The molecule has 46 atom stereocenters. The van der Waals surface area contributed by atoms with Gasteiger partial charge in [-0.05, 0) is 147 Å². The van der Waals surface area contributed by atoms with Crippen molar-refractivity contribution in [2.45, 2.75) is 367 Å². The Morgan fingerprint density at radius 3 is 1.73 bits per heavy atom. The first-order chi connectivity index (χ1) is 60.3. The van der Waals surface area contributed by atoms with Gasteiger partial charge in [0.25, 0.3) is 0 Å². The van der Waals surface area contributed by atoms with Crippen molar-refractivity contribution in [3.8, 4) is 11.5 Å². The van der Waals surface area contributed by atoms with Crippen LogP contribution in [0.4, 0.5) is 0 Å². The summed E-state index contributed by atoms with van der Waals surface area (Å²) in [5.74, 6) is -2.88. The van der Waals surface area contributed by atoms with Crippen molar-refractivity contribution < 1.29 is 202 Å². The summed E-state index contributed by atoms with van der Waals surface area (Å²) in [4.78, 5) is 28.6. The number of aliphatic hydroxyl groups excluding tert-OH is 20. The normalized spacial score (nSPS) is 50.2. The number of benzene rings is 1. The maximum atomic E-state index is 15.5. The van der Waals surface area contributed by atoms with Crippen LogP contribution in [0.3, 0.4) is 0 Å². The Kier molecular flexibility index (Phi) is 30.5. The third kappa shape index (κ3) is 18.5. The molecule has 8 aliphatic heterocycles. The van der Waals surface area contributed by atoms with Gasteiger partial charge in [0.05, 0.1) is 76.6 Å². The summed E-state index contributed by atoms with van der Waals surface area (Å²) in [6.45, 7) is 16.1. The second-order valence-electron chi connectivity index (χ2n) is 39.7. The highest BCUT2D eigenvalue weighted by Crippen LogP contribution is 2.76. The second-order valence-corrected chi connectivity index (χ2v) is 39.7. The number of phenolic OH excluding ortho intramolecular Hbond substituents is 1. The van der Waals surface area contributed by atoms with Crippen LogP contribution in [0.25, 0.3) is 6.08 Å². The molecule has 0 amide bonds. The lowest BCUT2D eigenvalue weighted by Gasteiger charge is -2.71. The number of carbonyl (C=O) groups excluding carboxylic acids is 2. The molecule has 41 heteroatoms. The molecule has 728 valence electrons. The Labute approximate surface area is 740 Å². The van der Waals surface area contributed by atoms with E-state index in [2.05, 4.69) is 54.5 Å². The summed E-state index contributed by atoms with van der Waals surface area (Å²) in [6, 6.07) is 4.21. The van der Waals surface area contributed by atoms with E-state index in [0.29, 0.717) is 56.9 Å². The summed E-state index contributed by atoms with van der Waals surface area (Å²) < 4.78 is 107. The molecule has 13 aliphatic rings. The topological polar surface area (TPSA) is 625 Å². The van der Waals surface area contributed by atoms with Gasteiger partial charge in [-0.25, -0.2) is 4.79 Å². The summed E-state index contributed by atoms with van der Waals surface area (Å²) in [5, 5.41) is 233. The molecule has 12 fully saturated rings. The molecule has 0 bridgehead atoms. The quantitative estimate of drug-likeness (QED) is 0.0202. The highest BCUT2D eigenvalue weighted by atomic mass is 16.8. The average molecular weight is 1840 g/mol. The number of allylic oxidation sites excluding steroid dienone is 2. The molecule has 1 aromatic carbocycles. The van der Waals surface area contributed by atoms with Gasteiger partial charge in [-0.2, -0.15) is 0 Å². The Balaban J connectivity index is 0.594. The molecule has 0 radical (unpaired) electrons. The molecule has 8 saturated heterocycles. The van der Waals surface area contributed by atoms with Crippen LogP contribution in [0.15, 0.2) is 35.9 Å². The van der Waals surface area contributed by atoms with E-state index >= 15 is 4.79 Å². The first kappa shape index (κ1) is 99.8. The Hall–Kier alpha value is -4.16. The van der Waals surface area contributed by atoms with E-state index in [-0.39, 0.29) is 52.1 Å². The predicted octanol–water partition coefficient (Wildman–Crippen LogP) is -4.15. The summed E-state index contributed by atoms with van der Waals surface area (Å²) in [7, 11) is 1.34. The Bertz CT molecular complexity index is 3970. The summed E-state index contributed by atoms with van der Waals surface area (Å²) >= 11 is 0. The standard InChI is InChI=1S/C87H134O41/c1-34-52(94)73(118-44(29-89)68(34)124-75-64(106)59(101)53(95)35(2)115-75)113-32-46-57(99)60(102)65(107)77(121-46)128-81(110)87-24-22-82(4,5)27-39(87)38-14-16-49-84(8)20-19-50(83(6,7)48(84)18-21-86(49,10)85(38,9)23-25-87)122-79-71(55(97)41(92)31-112-79)127-78-67(109)70(54(96)36(3)116-78)126-74-63(105)58(100)47(33-114-74)120-76-66(108)62(104)69(45(30-90)119-76)125-80-72(61(103)56(98)43(28-88)117-80)123-51(93)17-13-37-12-15-42(111-11)40(91)26-37/h12-15,17,26,34-36,39,41,43-50,52-80,88-92,94-109H,16,18-25,27-33H2,1-11H3/b17-13+/t34-,35+,36+,39?,41+,43-,44-,45-,46-,47+,48?,49?,50+,52-,53+,54+,55+,56-,57-,58+,59-,60+,61+,62-,63+,64-,65-,66-,67-,68+,69-,70-,71-,72-,73-,74+,75+,76+,77+,78+,79+,80+,84+,85-,86-,87+/m1/s1. The van der Waals surface area contributed by atoms with E-state index in [1.807, 2.05) is 0 Å². The van der Waals surface area contributed by atoms with Gasteiger partial charge in [0.15, 0.2) is 61.6 Å². The number of hydrogen-bond donors (Lipinski definition) is 21. The zero-order valence-electron chi connectivity index (χ0n) is 73.6. The van der Waals surface area contributed by atoms with Gasteiger partial charge in [0, 0.05) is 12.0 Å². The number of methoxy groups -OCH3 is 1. The fourth-order valence-corrected chi connectivity index (χ4v) is 23.2. The van der Waals surface area contributed by atoms with Gasteiger partial charge in [-0.1, -0.05) is 73.1 Å². The van der Waals surface area contributed by atoms with Crippen molar-refractivity contribution >= 4 is 18.0 Å². The minimum absolute atomic E-state index is 0.0357. The van der Waals surface area contributed by atoms with Crippen molar-refractivity contribution in [2.24, 2.45) is 56.2 Å². The fraction of sp³-hybridized carbons (Fsp3) is 0.862. The minimum atomic E-state index is -2.11. The van der Waals surface area contributed by atoms with Crippen molar-refractivity contribution in [3.05, 3.63) is 41.5 Å². The Morgan fingerprint density at radius 1 is 0.477 bits per heavy atom. The molecule has 0 aromatic heterocycles. The lowest BCUT2D eigenvalue weighted by Crippen LogP contribution is -2.67. The largest absolute Gasteiger partial charge is 0.504 e. The summed E-state index contributed by atoms with van der Waals surface area (Å²) in [6.07, 6.45) is -51.9. The fourth-order valence-electron chi connectivity index (χ4n) is 23.2. The molecule has 0 spiro atoms. The molecule has 14 rings (SSSR count). The third-order valence-corrected chi connectivity index (χ3v) is 31.2. The van der Waals surface area contributed by atoms with Gasteiger partial charge >= 0.3 is 11.9 Å². The Morgan fingerprint density at radius 2 is 1.05 bits per heavy atom. The predicted molar refractivity (Wildman–Crippen MR) is 429 cm³/mol. The number of esters is 2. The number of aromatic hydroxyl groups is 1. The van der Waals surface area contributed by atoms with E-state index in [4.69, 9.17) is 85.3 Å². The zero-order valence-corrected chi connectivity index (χ0v) is 73.6. The van der Waals surface area contributed by atoms with Gasteiger partial charge in [-0.3, -0.25) is 4.79 Å². The van der Waals surface area contributed by atoms with Crippen LogP contribution < -0.4 is 4.74 Å². The summed E-state index contributed by atoms with van der Waals surface area (Å²) in [5.41, 5.74) is -1.45. The average Bonchev–Trinajstić information content (AvgIpc) is 0.673. The number of rotatable bonds is 24. The van der Waals surface area contributed by atoms with Crippen LogP contribution >= 0.6 is 0 Å². The molecule has 4 saturated carbocycles. The monoisotopic (exact) mass is 1830 g/mol. The van der Waals surface area contributed by atoms with Crippen molar-refractivity contribution in [3.63, 3.8) is 0 Å². The molecule has 41 nitrogen and oxygen atoms in total.